The maximum atomic E-state index is 12.3. The van der Waals surface area contributed by atoms with Gasteiger partial charge in [0, 0.05) is 6.54 Å². The van der Waals surface area contributed by atoms with Gasteiger partial charge in [0.15, 0.2) is 6.10 Å². The summed E-state index contributed by atoms with van der Waals surface area (Å²) in [5.74, 6) is 0.747. The van der Waals surface area contributed by atoms with Crippen LogP contribution >= 0.6 is 0 Å². The van der Waals surface area contributed by atoms with Gasteiger partial charge in [-0.2, -0.15) is 0 Å². The fourth-order valence-corrected chi connectivity index (χ4v) is 3.26. The lowest BCUT2D eigenvalue weighted by Gasteiger charge is -2.34. The van der Waals surface area contributed by atoms with E-state index in [1.165, 1.54) is 32.1 Å². The van der Waals surface area contributed by atoms with Crippen molar-refractivity contribution in [2.24, 2.45) is 5.41 Å². The Kier molecular flexibility index (Phi) is 4.04. The normalized spacial score (nSPS) is 23.4. The van der Waals surface area contributed by atoms with Gasteiger partial charge in [-0.05, 0) is 30.4 Å². The van der Waals surface area contributed by atoms with Crippen LogP contribution in [0.1, 0.15) is 39.0 Å². The lowest BCUT2D eigenvalue weighted by molar-refractivity contribution is -0.128. The highest BCUT2D eigenvalue weighted by Gasteiger charge is 2.30. The zero-order valence-electron chi connectivity index (χ0n) is 12.7. The highest BCUT2D eigenvalue weighted by molar-refractivity contribution is 5.83. The first-order valence-electron chi connectivity index (χ1n) is 7.94. The van der Waals surface area contributed by atoms with Gasteiger partial charge in [-0.3, -0.25) is 4.79 Å². The van der Waals surface area contributed by atoms with Crippen molar-refractivity contribution in [1.82, 2.24) is 5.32 Å². The summed E-state index contributed by atoms with van der Waals surface area (Å²) in [6.07, 6.45) is 5.87. The molecule has 114 valence electrons. The van der Waals surface area contributed by atoms with Gasteiger partial charge in [0.05, 0.1) is 12.2 Å². The van der Waals surface area contributed by atoms with Gasteiger partial charge in [0.1, 0.15) is 5.75 Å². The number of para-hydroxylation sites is 2. The maximum Gasteiger partial charge on any atom is 0.262 e. The number of fused-ring (bicyclic) bond motifs is 1. The maximum absolute atomic E-state index is 12.3. The third kappa shape index (κ3) is 3.31. The Morgan fingerprint density at radius 2 is 2.10 bits per heavy atom. The first-order chi connectivity index (χ1) is 10.2. The number of benzene rings is 1. The van der Waals surface area contributed by atoms with Crippen molar-refractivity contribution in [3.8, 4) is 5.75 Å². The predicted molar refractivity (Wildman–Crippen MR) is 83.5 cm³/mol. The van der Waals surface area contributed by atoms with Crippen LogP contribution in [0.4, 0.5) is 5.69 Å². The second-order valence-corrected chi connectivity index (χ2v) is 6.57. The first-order valence-corrected chi connectivity index (χ1v) is 7.94. The van der Waals surface area contributed by atoms with Crippen molar-refractivity contribution in [3.05, 3.63) is 24.3 Å². The fraction of sp³-hybridized carbons (Fsp3) is 0.588. The molecule has 0 saturated heterocycles. The van der Waals surface area contributed by atoms with Gasteiger partial charge >= 0.3 is 0 Å². The monoisotopic (exact) mass is 288 g/mol. The molecule has 1 amide bonds. The van der Waals surface area contributed by atoms with Crippen LogP contribution in [0.5, 0.6) is 5.75 Å². The van der Waals surface area contributed by atoms with Crippen LogP contribution < -0.4 is 15.4 Å². The molecule has 2 aliphatic rings. The average molecular weight is 288 g/mol. The van der Waals surface area contributed by atoms with E-state index in [1.807, 2.05) is 24.3 Å². The molecule has 1 aromatic carbocycles. The molecule has 4 heteroatoms. The minimum absolute atomic E-state index is 0.0104. The van der Waals surface area contributed by atoms with Gasteiger partial charge in [-0.15, -0.1) is 0 Å². The van der Waals surface area contributed by atoms with E-state index in [2.05, 4.69) is 17.6 Å². The summed E-state index contributed by atoms with van der Waals surface area (Å²) in [4.78, 5) is 12.3. The number of anilines is 1. The molecule has 1 atom stereocenters. The van der Waals surface area contributed by atoms with E-state index < -0.39 is 6.10 Å². The Hall–Kier alpha value is -1.71. The van der Waals surface area contributed by atoms with Crippen LogP contribution in [0.15, 0.2) is 24.3 Å². The zero-order chi connectivity index (χ0) is 14.7. The molecule has 4 nitrogen and oxygen atoms in total. The number of nitrogens with one attached hydrogen (secondary N) is 2. The van der Waals surface area contributed by atoms with Crippen LogP contribution in [-0.2, 0) is 4.79 Å². The molecule has 0 aromatic heterocycles. The number of carbonyl (C=O) groups excluding carboxylic acids is 1. The molecule has 1 aliphatic heterocycles. The van der Waals surface area contributed by atoms with E-state index in [1.54, 1.807) is 0 Å². The molecule has 0 bridgehead atoms. The molecule has 3 rings (SSSR count). The van der Waals surface area contributed by atoms with Crippen LogP contribution in [0, 0.1) is 5.41 Å². The van der Waals surface area contributed by atoms with Crippen molar-refractivity contribution in [1.29, 1.82) is 0 Å². The highest BCUT2D eigenvalue weighted by atomic mass is 16.5. The van der Waals surface area contributed by atoms with E-state index in [-0.39, 0.29) is 11.3 Å². The topological polar surface area (TPSA) is 50.4 Å². The lowest BCUT2D eigenvalue weighted by Crippen LogP contribution is -2.47. The molecular formula is C17H24N2O2. The molecule has 21 heavy (non-hydrogen) atoms. The van der Waals surface area contributed by atoms with Gasteiger partial charge in [-0.1, -0.05) is 38.3 Å². The Morgan fingerprint density at radius 1 is 1.33 bits per heavy atom. The number of hydrogen-bond acceptors (Lipinski definition) is 3. The van der Waals surface area contributed by atoms with Crippen LogP contribution in [0.2, 0.25) is 0 Å². The van der Waals surface area contributed by atoms with Crippen molar-refractivity contribution >= 4 is 11.6 Å². The molecule has 1 aromatic rings. The number of hydrogen-bond donors (Lipinski definition) is 2. The summed E-state index contributed by atoms with van der Waals surface area (Å²) < 4.78 is 5.79. The highest BCUT2D eigenvalue weighted by Crippen LogP contribution is 2.35. The summed E-state index contributed by atoms with van der Waals surface area (Å²) in [5.41, 5.74) is 1.22. The molecular weight excluding hydrogens is 264 g/mol. The summed E-state index contributed by atoms with van der Waals surface area (Å²) in [6, 6.07) is 7.74. The Morgan fingerprint density at radius 3 is 2.90 bits per heavy atom. The average Bonchev–Trinajstić information content (AvgIpc) is 2.53. The molecule has 0 spiro atoms. The minimum Gasteiger partial charge on any atom is -0.477 e. The largest absolute Gasteiger partial charge is 0.477 e. The van der Waals surface area contributed by atoms with Gasteiger partial charge in [-0.25, -0.2) is 0 Å². The quantitative estimate of drug-likeness (QED) is 0.899. The standard InChI is InChI=1S/C17H24N2O2/c1-17(9-5-2-6-10-17)12-19-16(20)15-11-18-13-7-3-4-8-14(13)21-15/h3-4,7-8,15,18H,2,5-6,9-12H2,1H3,(H,19,20). The third-order valence-corrected chi connectivity index (χ3v) is 4.68. The van der Waals surface area contributed by atoms with E-state index in [0.29, 0.717) is 6.54 Å². The van der Waals surface area contributed by atoms with Gasteiger partial charge in [0.2, 0.25) is 0 Å². The smallest absolute Gasteiger partial charge is 0.262 e. The second kappa shape index (κ2) is 5.96. The molecule has 1 aliphatic carbocycles. The first kappa shape index (κ1) is 14.2. The Balaban J connectivity index is 1.55. The SMILES string of the molecule is CC1(CNC(=O)C2CNc3ccccc3O2)CCCCC1. The van der Waals surface area contributed by atoms with E-state index in [9.17, 15) is 4.79 Å². The molecule has 0 radical (unpaired) electrons. The van der Waals surface area contributed by atoms with Crippen LogP contribution in [0.25, 0.3) is 0 Å². The summed E-state index contributed by atoms with van der Waals surface area (Å²) in [6.45, 7) is 3.56. The molecule has 1 fully saturated rings. The Labute approximate surface area is 126 Å². The molecule has 1 saturated carbocycles. The number of ether oxygens (including phenoxy) is 1. The summed E-state index contributed by atoms with van der Waals surface area (Å²) in [5, 5.41) is 6.34. The van der Waals surface area contributed by atoms with Gasteiger partial charge in [0.25, 0.3) is 5.91 Å². The van der Waals surface area contributed by atoms with Crippen molar-refractivity contribution in [3.63, 3.8) is 0 Å². The fourth-order valence-electron chi connectivity index (χ4n) is 3.26. The van der Waals surface area contributed by atoms with E-state index in [4.69, 9.17) is 4.74 Å². The van der Waals surface area contributed by atoms with Crippen molar-refractivity contribution in [2.45, 2.75) is 45.1 Å². The van der Waals surface area contributed by atoms with Crippen LogP contribution in [-0.4, -0.2) is 25.1 Å². The van der Waals surface area contributed by atoms with Crippen LogP contribution in [0.3, 0.4) is 0 Å². The van der Waals surface area contributed by atoms with Gasteiger partial charge < -0.3 is 15.4 Å². The lowest BCUT2D eigenvalue weighted by atomic mass is 9.76. The number of amides is 1. The molecule has 1 unspecified atom stereocenters. The third-order valence-electron chi connectivity index (χ3n) is 4.68. The second-order valence-electron chi connectivity index (χ2n) is 6.57. The van der Waals surface area contributed by atoms with E-state index in [0.717, 1.165) is 18.0 Å². The number of rotatable bonds is 3. The summed E-state index contributed by atoms with van der Waals surface area (Å²) in [7, 11) is 0. The predicted octanol–water partition coefficient (Wildman–Crippen LogP) is 2.95. The Bertz CT molecular complexity index is 509. The van der Waals surface area contributed by atoms with E-state index >= 15 is 0 Å². The molecule has 1 heterocycles. The van der Waals surface area contributed by atoms with Crippen molar-refractivity contribution in [2.75, 3.05) is 18.4 Å². The zero-order valence-corrected chi connectivity index (χ0v) is 12.7. The minimum atomic E-state index is -0.438. The number of carbonyl (C=O) groups is 1. The summed E-state index contributed by atoms with van der Waals surface area (Å²) >= 11 is 0. The van der Waals surface area contributed by atoms with Crippen molar-refractivity contribution < 1.29 is 9.53 Å². The molecule has 2 N–H and O–H groups in total.